The first kappa shape index (κ1) is 12.2. The highest BCUT2D eigenvalue weighted by Gasteiger charge is 2.08. The molecule has 7 heteroatoms. The van der Waals surface area contributed by atoms with E-state index in [2.05, 4.69) is 31.3 Å². The van der Waals surface area contributed by atoms with E-state index in [4.69, 9.17) is 15.3 Å². The molecule has 0 bridgehead atoms. The van der Waals surface area contributed by atoms with Crippen LogP contribution >= 0.6 is 15.9 Å². The molecule has 0 radical (unpaired) electrons. The van der Waals surface area contributed by atoms with Crippen LogP contribution in [0.5, 0.6) is 5.88 Å². The van der Waals surface area contributed by atoms with Crippen molar-refractivity contribution in [3.05, 3.63) is 10.8 Å². The Morgan fingerprint density at radius 1 is 1.47 bits per heavy atom. The highest BCUT2D eigenvalue weighted by atomic mass is 79.9. The highest BCUT2D eigenvalue weighted by molar-refractivity contribution is 9.10. The first-order valence-corrected chi connectivity index (χ1v) is 5.26. The first-order valence-electron chi connectivity index (χ1n) is 4.47. The van der Waals surface area contributed by atoms with E-state index in [0.29, 0.717) is 36.0 Å². The van der Waals surface area contributed by atoms with Gasteiger partial charge in [-0.05, 0) is 22.9 Å². The van der Waals surface area contributed by atoms with Crippen molar-refractivity contribution in [1.82, 2.24) is 9.97 Å². The van der Waals surface area contributed by atoms with Gasteiger partial charge < -0.3 is 14.9 Å². The average Bonchev–Trinajstić information content (AvgIpc) is 2.26. The van der Waals surface area contributed by atoms with Gasteiger partial charge >= 0.3 is 0 Å². The van der Waals surface area contributed by atoms with Crippen molar-refractivity contribution in [2.24, 2.45) is 5.84 Å². The number of nitrogens with zero attached hydrogens (tertiary/aromatic N) is 2. The zero-order valence-electron chi connectivity index (χ0n) is 8.36. The lowest BCUT2D eigenvalue weighted by Gasteiger charge is -2.08. The lowest BCUT2D eigenvalue weighted by Crippen LogP contribution is -2.12. The third-order valence-corrected chi connectivity index (χ3v) is 2.28. The van der Waals surface area contributed by atoms with Crippen molar-refractivity contribution in [3.8, 4) is 5.88 Å². The SMILES string of the molecule is CCOCCOc1ncnc(NN)c1Br. The number of rotatable bonds is 6. The van der Waals surface area contributed by atoms with Gasteiger partial charge in [-0.25, -0.2) is 15.8 Å². The molecule has 0 aliphatic heterocycles. The predicted octanol–water partition coefficient (Wildman–Crippen LogP) is 0.940. The molecule has 15 heavy (non-hydrogen) atoms. The molecule has 0 aliphatic rings. The summed E-state index contributed by atoms with van der Waals surface area (Å²) in [5.41, 5.74) is 2.43. The number of nitrogens with two attached hydrogens (primary N) is 1. The number of hydrogen-bond donors (Lipinski definition) is 2. The van der Waals surface area contributed by atoms with E-state index in [-0.39, 0.29) is 0 Å². The fourth-order valence-corrected chi connectivity index (χ4v) is 1.33. The molecule has 1 heterocycles. The van der Waals surface area contributed by atoms with E-state index in [1.54, 1.807) is 0 Å². The molecule has 0 saturated carbocycles. The standard InChI is InChI=1S/C8H13BrN4O2/c1-2-14-3-4-15-8-6(9)7(13-10)11-5-12-8/h5H,2-4,10H2,1H3,(H,11,12,13). The van der Waals surface area contributed by atoms with E-state index in [1.165, 1.54) is 6.33 Å². The zero-order valence-corrected chi connectivity index (χ0v) is 9.95. The molecule has 0 fully saturated rings. The summed E-state index contributed by atoms with van der Waals surface area (Å²) in [5.74, 6) is 6.17. The summed E-state index contributed by atoms with van der Waals surface area (Å²) in [5, 5.41) is 0. The Hall–Kier alpha value is -0.920. The number of aromatic nitrogens is 2. The Morgan fingerprint density at radius 3 is 2.93 bits per heavy atom. The molecular weight excluding hydrogens is 264 g/mol. The Morgan fingerprint density at radius 2 is 2.27 bits per heavy atom. The van der Waals surface area contributed by atoms with Crippen LogP contribution in [-0.4, -0.2) is 29.8 Å². The van der Waals surface area contributed by atoms with E-state index >= 15 is 0 Å². The molecule has 1 aromatic rings. The van der Waals surface area contributed by atoms with E-state index in [9.17, 15) is 0 Å². The van der Waals surface area contributed by atoms with Crippen LogP contribution in [0.25, 0.3) is 0 Å². The van der Waals surface area contributed by atoms with Gasteiger partial charge in [-0.2, -0.15) is 0 Å². The molecule has 0 aliphatic carbocycles. The van der Waals surface area contributed by atoms with Gasteiger partial charge in [0, 0.05) is 6.61 Å². The summed E-state index contributed by atoms with van der Waals surface area (Å²) < 4.78 is 11.1. The third-order valence-electron chi connectivity index (χ3n) is 1.56. The van der Waals surface area contributed by atoms with Crippen LogP contribution in [0.1, 0.15) is 6.92 Å². The maximum Gasteiger partial charge on any atom is 0.233 e. The predicted molar refractivity (Wildman–Crippen MR) is 59.5 cm³/mol. The number of halogens is 1. The number of hydrogen-bond acceptors (Lipinski definition) is 6. The van der Waals surface area contributed by atoms with Gasteiger partial charge in [-0.15, -0.1) is 0 Å². The van der Waals surface area contributed by atoms with Crippen LogP contribution in [0, 0.1) is 0 Å². The van der Waals surface area contributed by atoms with Gasteiger partial charge in [0.25, 0.3) is 0 Å². The molecule has 0 aromatic carbocycles. The van der Waals surface area contributed by atoms with Gasteiger partial charge in [0.05, 0.1) is 6.61 Å². The Labute approximate surface area is 96.3 Å². The lowest BCUT2D eigenvalue weighted by atomic mass is 10.5. The minimum Gasteiger partial charge on any atom is -0.474 e. The van der Waals surface area contributed by atoms with Crippen LogP contribution in [0.3, 0.4) is 0 Å². The molecule has 0 atom stereocenters. The first-order chi connectivity index (χ1) is 7.29. The summed E-state index contributed by atoms with van der Waals surface area (Å²) in [6, 6.07) is 0. The van der Waals surface area contributed by atoms with Crippen molar-refractivity contribution in [3.63, 3.8) is 0 Å². The fourth-order valence-electron chi connectivity index (χ4n) is 0.897. The molecule has 84 valence electrons. The molecular formula is C8H13BrN4O2. The van der Waals surface area contributed by atoms with Crippen molar-refractivity contribution in [2.45, 2.75) is 6.92 Å². The second kappa shape index (κ2) is 6.54. The van der Waals surface area contributed by atoms with Crippen LogP contribution in [0.4, 0.5) is 5.82 Å². The van der Waals surface area contributed by atoms with Crippen LogP contribution in [0.2, 0.25) is 0 Å². The van der Waals surface area contributed by atoms with Gasteiger partial charge in [-0.3, -0.25) is 0 Å². The van der Waals surface area contributed by atoms with Crippen LogP contribution in [-0.2, 0) is 4.74 Å². The van der Waals surface area contributed by atoms with Crippen molar-refractivity contribution in [2.75, 3.05) is 25.2 Å². The summed E-state index contributed by atoms with van der Waals surface area (Å²) in [6.07, 6.45) is 1.37. The topological polar surface area (TPSA) is 82.3 Å². The van der Waals surface area contributed by atoms with Crippen molar-refractivity contribution < 1.29 is 9.47 Å². The van der Waals surface area contributed by atoms with Gasteiger partial charge in [-0.1, -0.05) is 0 Å². The summed E-state index contributed by atoms with van der Waals surface area (Å²) >= 11 is 3.28. The quantitative estimate of drug-likeness (QED) is 0.457. The second-order valence-corrected chi connectivity index (χ2v) is 3.32. The van der Waals surface area contributed by atoms with Crippen LogP contribution in [0.15, 0.2) is 10.8 Å². The van der Waals surface area contributed by atoms with E-state index in [0.717, 1.165) is 0 Å². The molecule has 1 aromatic heterocycles. The summed E-state index contributed by atoms with van der Waals surface area (Å²) in [6.45, 7) is 3.56. The lowest BCUT2D eigenvalue weighted by molar-refractivity contribution is 0.108. The normalized spacial score (nSPS) is 10.1. The molecule has 0 spiro atoms. The minimum absolute atomic E-state index is 0.438. The minimum atomic E-state index is 0.438. The summed E-state index contributed by atoms with van der Waals surface area (Å²) in [4.78, 5) is 7.85. The number of hydrazine groups is 1. The molecule has 6 nitrogen and oxygen atoms in total. The average molecular weight is 277 g/mol. The van der Waals surface area contributed by atoms with Gasteiger partial charge in [0.2, 0.25) is 5.88 Å². The molecule has 3 N–H and O–H groups in total. The largest absolute Gasteiger partial charge is 0.474 e. The Kier molecular flexibility index (Phi) is 5.30. The van der Waals surface area contributed by atoms with Gasteiger partial charge in [0.15, 0.2) is 5.82 Å². The monoisotopic (exact) mass is 276 g/mol. The molecule has 0 saturated heterocycles. The highest BCUT2D eigenvalue weighted by Crippen LogP contribution is 2.27. The maximum atomic E-state index is 5.36. The number of nitrogen functional groups attached to an aromatic ring is 1. The van der Waals surface area contributed by atoms with Gasteiger partial charge in [0.1, 0.15) is 17.4 Å². The van der Waals surface area contributed by atoms with E-state index < -0.39 is 0 Å². The second-order valence-electron chi connectivity index (χ2n) is 2.53. The zero-order chi connectivity index (χ0) is 11.1. The fraction of sp³-hybridized carbons (Fsp3) is 0.500. The molecule has 0 unspecified atom stereocenters. The third kappa shape index (κ3) is 3.61. The molecule has 1 rings (SSSR count). The Balaban J connectivity index is 2.53. The summed E-state index contributed by atoms with van der Waals surface area (Å²) in [7, 11) is 0. The number of nitrogens with one attached hydrogen (secondary N) is 1. The van der Waals surface area contributed by atoms with E-state index in [1.807, 2.05) is 6.92 Å². The van der Waals surface area contributed by atoms with Crippen molar-refractivity contribution >= 4 is 21.7 Å². The number of ether oxygens (including phenoxy) is 2. The molecule has 0 amide bonds. The number of anilines is 1. The maximum absolute atomic E-state index is 5.36. The van der Waals surface area contributed by atoms with Crippen LogP contribution < -0.4 is 16.0 Å². The van der Waals surface area contributed by atoms with Crippen molar-refractivity contribution in [1.29, 1.82) is 0 Å². The smallest absolute Gasteiger partial charge is 0.233 e. The Bertz CT molecular complexity index is 311.